The Morgan fingerprint density at radius 1 is 0.963 bits per heavy atom. The molecule has 0 bridgehead atoms. The molecule has 140 valence electrons. The topological polar surface area (TPSA) is 56.8 Å². The van der Waals surface area contributed by atoms with E-state index < -0.39 is 0 Å². The Balaban J connectivity index is 2.07. The number of ether oxygens (including phenoxy) is 3. The lowest BCUT2D eigenvalue weighted by atomic mass is 10.1. The number of carbonyl (C=O) groups excluding carboxylic acids is 1. The Bertz CT molecular complexity index is 1020. The molecule has 0 aromatic heterocycles. The van der Waals surface area contributed by atoms with Gasteiger partial charge in [0.1, 0.15) is 5.75 Å². The first-order chi connectivity index (χ1) is 13.0. The molecule has 0 unspecified atom stereocenters. The van der Waals surface area contributed by atoms with Gasteiger partial charge in [-0.15, -0.1) is 0 Å². The van der Waals surface area contributed by atoms with Crippen molar-refractivity contribution in [2.45, 2.75) is 6.92 Å². The summed E-state index contributed by atoms with van der Waals surface area (Å²) in [4.78, 5) is 13.0. The lowest BCUT2D eigenvalue weighted by Crippen LogP contribution is -2.15. The number of methoxy groups -OCH3 is 3. The average molecular weight is 430 g/mol. The standard InChI is InChI=1S/C21H20BrNO4/c1-12-8-9-15(22)19(20(12)27-4)21(24)23-16-7-5-6-13-10-17(25-2)18(26-3)11-14(13)16/h5-11H,1-4H3,(H,23,24). The van der Waals surface area contributed by atoms with E-state index in [1.54, 1.807) is 21.3 Å². The Kier molecular flexibility index (Phi) is 5.56. The lowest BCUT2D eigenvalue weighted by Gasteiger charge is -2.15. The van der Waals surface area contributed by atoms with Crippen LogP contribution in [0, 0.1) is 6.92 Å². The highest BCUT2D eigenvalue weighted by atomic mass is 79.9. The van der Waals surface area contributed by atoms with E-state index in [0.29, 0.717) is 33.0 Å². The van der Waals surface area contributed by atoms with Crippen LogP contribution in [0.25, 0.3) is 10.8 Å². The Morgan fingerprint density at radius 2 is 1.67 bits per heavy atom. The Hall–Kier alpha value is -2.73. The third kappa shape index (κ3) is 3.57. The Morgan fingerprint density at radius 3 is 2.33 bits per heavy atom. The van der Waals surface area contributed by atoms with Crippen molar-refractivity contribution in [2.75, 3.05) is 26.6 Å². The van der Waals surface area contributed by atoms with Gasteiger partial charge in [-0.2, -0.15) is 0 Å². The second kappa shape index (κ2) is 7.88. The summed E-state index contributed by atoms with van der Waals surface area (Å²) < 4.78 is 16.9. The van der Waals surface area contributed by atoms with Crippen LogP contribution in [0.15, 0.2) is 46.9 Å². The van der Waals surface area contributed by atoms with Crippen LogP contribution in [0.3, 0.4) is 0 Å². The highest BCUT2D eigenvalue weighted by Gasteiger charge is 2.19. The van der Waals surface area contributed by atoms with E-state index in [-0.39, 0.29) is 5.91 Å². The quantitative estimate of drug-likeness (QED) is 0.606. The predicted octanol–water partition coefficient (Wildman–Crippen LogP) is 5.19. The van der Waals surface area contributed by atoms with Crippen LogP contribution in [0.1, 0.15) is 15.9 Å². The number of anilines is 1. The molecule has 0 atom stereocenters. The molecule has 6 heteroatoms. The molecule has 0 aliphatic carbocycles. The Labute approximate surface area is 166 Å². The summed E-state index contributed by atoms with van der Waals surface area (Å²) in [6, 6.07) is 13.2. The zero-order valence-electron chi connectivity index (χ0n) is 15.6. The number of aryl methyl sites for hydroxylation is 1. The number of carbonyl (C=O) groups is 1. The van der Waals surface area contributed by atoms with Gasteiger partial charge in [0, 0.05) is 15.5 Å². The third-order valence-electron chi connectivity index (χ3n) is 4.37. The van der Waals surface area contributed by atoms with E-state index in [2.05, 4.69) is 21.2 Å². The van der Waals surface area contributed by atoms with Gasteiger partial charge in [-0.05, 0) is 58.1 Å². The molecule has 0 saturated carbocycles. The van der Waals surface area contributed by atoms with Crippen molar-refractivity contribution < 1.29 is 19.0 Å². The number of rotatable bonds is 5. The van der Waals surface area contributed by atoms with Crippen molar-refractivity contribution in [1.29, 1.82) is 0 Å². The van der Waals surface area contributed by atoms with Crippen molar-refractivity contribution in [1.82, 2.24) is 0 Å². The maximum absolute atomic E-state index is 13.0. The van der Waals surface area contributed by atoms with E-state index in [0.717, 1.165) is 16.3 Å². The monoisotopic (exact) mass is 429 g/mol. The molecule has 0 radical (unpaired) electrons. The van der Waals surface area contributed by atoms with Gasteiger partial charge in [0.05, 0.1) is 26.9 Å². The van der Waals surface area contributed by atoms with Crippen LogP contribution >= 0.6 is 15.9 Å². The maximum Gasteiger partial charge on any atom is 0.260 e. The van der Waals surface area contributed by atoms with Crippen LogP contribution in [-0.2, 0) is 0 Å². The van der Waals surface area contributed by atoms with Gasteiger partial charge in [-0.3, -0.25) is 4.79 Å². The van der Waals surface area contributed by atoms with Crippen LogP contribution in [0.4, 0.5) is 5.69 Å². The SMILES string of the molecule is COc1cc2cccc(NC(=O)c3c(Br)ccc(C)c3OC)c2cc1OC. The number of benzene rings is 3. The molecule has 3 rings (SSSR count). The molecule has 0 saturated heterocycles. The van der Waals surface area contributed by atoms with Gasteiger partial charge in [0.25, 0.3) is 5.91 Å². The minimum Gasteiger partial charge on any atom is -0.496 e. The first-order valence-corrected chi connectivity index (χ1v) is 9.08. The van der Waals surface area contributed by atoms with Crippen LogP contribution < -0.4 is 19.5 Å². The molecule has 0 aliphatic rings. The number of hydrogen-bond acceptors (Lipinski definition) is 4. The fourth-order valence-electron chi connectivity index (χ4n) is 3.03. The first kappa shape index (κ1) is 19.0. The molecular formula is C21H20BrNO4. The van der Waals surface area contributed by atoms with Crippen molar-refractivity contribution >= 4 is 38.3 Å². The van der Waals surface area contributed by atoms with Gasteiger partial charge in [-0.25, -0.2) is 0 Å². The van der Waals surface area contributed by atoms with Crippen molar-refractivity contribution in [3.8, 4) is 17.2 Å². The summed E-state index contributed by atoms with van der Waals surface area (Å²) in [5.41, 5.74) is 2.01. The van der Waals surface area contributed by atoms with E-state index >= 15 is 0 Å². The van der Waals surface area contributed by atoms with E-state index in [1.807, 2.05) is 49.4 Å². The van der Waals surface area contributed by atoms with E-state index in [4.69, 9.17) is 14.2 Å². The molecule has 27 heavy (non-hydrogen) atoms. The molecular weight excluding hydrogens is 410 g/mol. The van der Waals surface area contributed by atoms with Gasteiger partial charge < -0.3 is 19.5 Å². The van der Waals surface area contributed by atoms with Crippen LogP contribution in [0.2, 0.25) is 0 Å². The molecule has 0 fully saturated rings. The molecule has 1 N–H and O–H groups in total. The van der Waals surface area contributed by atoms with Gasteiger partial charge in [0.15, 0.2) is 11.5 Å². The highest BCUT2D eigenvalue weighted by molar-refractivity contribution is 9.10. The minimum atomic E-state index is -0.260. The summed E-state index contributed by atoms with van der Waals surface area (Å²) >= 11 is 3.45. The summed E-state index contributed by atoms with van der Waals surface area (Å²) in [7, 11) is 4.73. The summed E-state index contributed by atoms with van der Waals surface area (Å²) in [6.45, 7) is 1.90. The third-order valence-corrected chi connectivity index (χ3v) is 5.03. The first-order valence-electron chi connectivity index (χ1n) is 8.29. The van der Waals surface area contributed by atoms with Crippen LogP contribution in [0.5, 0.6) is 17.2 Å². The van der Waals surface area contributed by atoms with Crippen molar-refractivity contribution in [3.63, 3.8) is 0 Å². The normalized spacial score (nSPS) is 10.6. The molecule has 0 heterocycles. The summed E-state index contributed by atoms with van der Waals surface area (Å²) in [5, 5.41) is 4.77. The molecule has 0 aliphatic heterocycles. The number of nitrogens with one attached hydrogen (secondary N) is 1. The molecule has 3 aromatic rings. The van der Waals surface area contributed by atoms with E-state index in [1.165, 1.54) is 0 Å². The van der Waals surface area contributed by atoms with Crippen LogP contribution in [-0.4, -0.2) is 27.2 Å². The number of halogens is 1. The van der Waals surface area contributed by atoms with Gasteiger partial charge >= 0.3 is 0 Å². The average Bonchev–Trinajstić information content (AvgIpc) is 2.68. The number of amides is 1. The predicted molar refractivity (Wildman–Crippen MR) is 110 cm³/mol. The summed E-state index contributed by atoms with van der Waals surface area (Å²) in [6.07, 6.45) is 0. The second-order valence-electron chi connectivity index (χ2n) is 5.96. The van der Waals surface area contributed by atoms with E-state index in [9.17, 15) is 4.79 Å². The van der Waals surface area contributed by atoms with Gasteiger partial charge in [-0.1, -0.05) is 18.2 Å². The van der Waals surface area contributed by atoms with Gasteiger partial charge in [0.2, 0.25) is 0 Å². The summed E-state index contributed by atoms with van der Waals surface area (Å²) in [5.74, 6) is 1.52. The smallest absolute Gasteiger partial charge is 0.260 e. The molecule has 5 nitrogen and oxygen atoms in total. The highest BCUT2D eigenvalue weighted by Crippen LogP contribution is 2.36. The fraction of sp³-hybridized carbons (Fsp3) is 0.190. The number of fused-ring (bicyclic) bond motifs is 1. The number of hydrogen-bond donors (Lipinski definition) is 1. The molecule has 1 amide bonds. The zero-order valence-corrected chi connectivity index (χ0v) is 17.1. The second-order valence-corrected chi connectivity index (χ2v) is 6.81. The lowest BCUT2D eigenvalue weighted by molar-refractivity contribution is 0.102. The minimum absolute atomic E-state index is 0.260. The maximum atomic E-state index is 13.0. The molecule has 0 spiro atoms. The largest absolute Gasteiger partial charge is 0.496 e. The van der Waals surface area contributed by atoms with Crippen molar-refractivity contribution in [3.05, 3.63) is 58.1 Å². The molecule has 3 aromatic carbocycles. The fourth-order valence-corrected chi connectivity index (χ4v) is 3.53. The zero-order chi connectivity index (χ0) is 19.6. The van der Waals surface area contributed by atoms with Crippen molar-refractivity contribution in [2.24, 2.45) is 0 Å².